The molecule has 98 valence electrons. The van der Waals surface area contributed by atoms with Crippen LogP contribution in [0.15, 0.2) is 6.20 Å². The molecule has 0 atom stereocenters. The Balaban J connectivity index is 3.53. The molecule has 0 bridgehead atoms. The Hall–Kier alpha value is -1.83. The Kier molecular flexibility index (Phi) is 4.49. The molecule has 0 amide bonds. The lowest BCUT2D eigenvalue weighted by Gasteiger charge is -2.08. The molecule has 0 N–H and O–H groups in total. The van der Waals surface area contributed by atoms with E-state index in [1.807, 2.05) is 0 Å². The van der Waals surface area contributed by atoms with E-state index < -0.39 is 39.3 Å². The third kappa shape index (κ3) is 2.70. The summed E-state index contributed by atoms with van der Waals surface area (Å²) >= 11 is 5.49. The van der Waals surface area contributed by atoms with Crippen LogP contribution in [0, 0.1) is 10.1 Å². The molecule has 0 saturated heterocycles. The number of carbonyl (C=O) groups excluding carboxylic acids is 1. The topological polar surface area (TPSA) is 82.3 Å². The summed E-state index contributed by atoms with van der Waals surface area (Å²) in [7, 11) is 0. The predicted molar refractivity (Wildman–Crippen MR) is 56.8 cm³/mol. The maximum absolute atomic E-state index is 12.7. The number of hydrogen-bond acceptors (Lipinski definition) is 5. The standard InChI is InChI=1S/C9H7ClF2N2O4/c1-2-18-9(15)5-6(8(11)12)13-3-4(10)7(5)14(16)17/h3,8H,2H2,1H3. The van der Waals surface area contributed by atoms with Crippen LogP contribution in [-0.2, 0) is 4.74 Å². The minimum absolute atomic E-state index is 0.120. The molecule has 0 aromatic carbocycles. The van der Waals surface area contributed by atoms with Gasteiger partial charge in [-0.05, 0) is 6.92 Å². The molecule has 0 radical (unpaired) electrons. The monoisotopic (exact) mass is 280 g/mol. The van der Waals surface area contributed by atoms with Gasteiger partial charge in [0, 0.05) is 0 Å². The third-order valence-electron chi connectivity index (χ3n) is 1.90. The highest BCUT2D eigenvalue weighted by atomic mass is 35.5. The number of esters is 1. The van der Waals surface area contributed by atoms with Crippen LogP contribution in [0.1, 0.15) is 29.4 Å². The van der Waals surface area contributed by atoms with Crippen molar-refractivity contribution in [2.24, 2.45) is 0 Å². The van der Waals surface area contributed by atoms with Gasteiger partial charge in [-0.25, -0.2) is 13.6 Å². The second-order valence-electron chi connectivity index (χ2n) is 2.99. The smallest absolute Gasteiger partial charge is 0.347 e. The highest BCUT2D eigenvalue weighted by Gasteiger charge is 2.33. The van der Waals surface area contributed by atoms with E-state index in [1.54, 1.807) is 0 Å². The van der Waals surface area contributed by atoms with Crippen molar-refractivity contribution in [1.29, 1.82) is 0 Å². The van der Waals surface area contributed by atoms with Crippen LogP contribution in [0.2, 0.25) is 5.02 Å². The maximum atomic E-state index is 12.7. The summed E-state index contributed by atoms with van der Waals surface area (Å²) in [5, 5.41) is 10.3. The number of ether oxygens (including phenoxy) is 1. The lowest BCUT2D eigenvalue weighted by Crippen LogP contribution is -2.13. The Morgan fingerprint density at radius 1 is 1.67 bits per heavy atom. The fourth-order valence-electron chi connectivity index (χ4n) is 1.24. The normalized spacial score (nSPS) is 10.5. The van der Waals surface area contributed by atoms with Gasteiger partial charge in [0.05, 0.1) is 17.7 Å². The minimum atomic E-state index is -3.15. The van der Waals surface area contributed by atoms with E-state index in [4.69, 9.17) is 11.6 Å². The lowest BCUT2D eigenvalue weighted by molar-refractivity contribution is -0.385. The van der Waals surface area contributed by atoms with Gasteiger partial charge in [0.15, 0.2) is 5.56 Å². The minimum Gasteiger partial charge on any atom is -0.462 e. The second-order valence-corrected chi connectivity index (χ2v) is 3.40. The molecule has 0 aliphatic heterocycles. The van der Waals surface area contributed by atoms with E-state index in [-0.39, 0.29) is 6.61 Å². The van der Waals surface area contributed by atoms with E-state index in [0.717, 1.165) is 0 Å². The average molecular weight is 281 g/mol. The fourth-order valence-corrected chi connectivity index (χ4v) is 1.45. The van der Waals surface area contributed by atoms with Crippen LogP contribution in [0.4, 0.5) is 14.5 Å². The van der Waals surface area contributed by atoms with Gasteiger partial charge in [0.1, 0.15) is 10.7 Å². The first-order valence-electron chi connectivity index (χ1n) is 4.68. The van der Waals surface area contributed by atoms with Crippen molar-refractivity contribution >= 4 is 23.3 Å². The summed E-state index contributed by atoms with van der Waals surface area (Å²) in [5.41, 5.74) is -2.87. The van der Waals surface area contributed by atoms with Gasteiger partial charge < -0.3 is 4.74 Å². The highest BCUT2D eigenvalue weighted by Crippen LogP contribution is 2.34. The first kappa shape index (κ1) is 14.2. The van der Waals surface area contributed by atoms with Crippen molar-refractivity contribution in [1.82, 2.24) is 4.98 Å². The SMILES string of the molecule is CCOC(=O)c1c(C(F)F)ncc(Cl)c1[N+](=O)[O-]. The number of rotatable bonds is 4. The number of nitrogens with zero attached hydrogens (tertiary/aromatic N) is 2. The maximum Gasteiger partial charge on any atom is 0.347 e. The van der Waals surface area contributed by atoms with E-state index in [9.17, 15) is 23.7 Å². The zero-order chi connectivity index (χ0) is 13.9. The summed E-state index contributed by atoms with van der Waals surface area (Å²) in [6.45, 7) is 1.31. The number of alkyl halides is 2. The number of hydrogen-bond donors (Lipinski definition) is 0. The van der Waals surface area contributed by atoms with Crippen LogP contribution in [0.5, 0.6) is 0 Å². The van der Waals surface area contributed by atoms with Gasteiger partial charge in [-0.15, -0.1) is 0 Å². The Morgan fingerprint density at radius 3 is 2.72 bits per heavy atom. The number of halogens is 3. The van der Waals surface area contributed by atoms with E-state index in [1.165, 1.54) is 6.92 Å². The molecule has 0 aliphatic carbocycles. The van der Waals surface area contributed by atoms with Crippen LogP contribution < -0.4 is 0 Å². The lowest BCUT2D eigenvalue weighted by atomic mass is 10.1. The summed E-state index contributed by atoms with van der Waals surface area (Å²) in [6, 6.07) is 0. The van der Waals surface area contributed by atoms with Gasteiger partial charge in [0.2, 0.25) is 0 Å². The van der Waals surface area contributed by atoms with Crippen molar-refractivity contribution in [3.63, 3.8) is 0 Å². The molecule has 1 rings (SSSR count). The summed E-state index contributed by atoms with van der Waals surface area (Å²) in [5.74, 6) is -1.26. The molecular weight excluding hydrogens is 274 g/mol. The molecule has 0 spiro atoms. The number of nitro groups is 1. The van der Waals surface area contributed by atoms with Crippen molar-refractivity contribution in [3.8, 4) is 0 Å². The van der Waals surface area contributed by atoms with Crippen LogP contribution >= 0.6 is 11.6 Å². The molecule has 0 unspecified atom stereocenters. The molecule has 6 nitrogen and oxygen atoms in total. The first-order valence-corrected chi connectivity index (χ1v) is 5.06. The van der Waals surface area contributed by atoms with Gasteiger partial charge in [-0.1, -0.05) is 11.6 Å². The van der Waals surface area contributed by atoms with Gasteiger partial charge >= 0.3 is 11.7 Å². The first-order chi connectivity index (χ1) is 8.40. The van der Waals surface area contributed by atoms with Crippen molar-refractivity contribution in [2.75, 3.05) is 6.61 Å². The zero-order valence-electron chi connectivity index (χ0n) is 9.02. The van der Waals surface area contributed by atoms with Crippen molar-refractivity contribution < 1.29 is 23.2 Å². The molecule has 9 heteroatoms. The summed E-state index contributed by atoms with van der Waals surface area (Å²) in [4.78, 5) is 24.5. The van der Waals surface area contributed by atoms with Crippen LogP contribution in [-0.4, -0.2) is 22.5 Å². The van der Waals surface area contributed by atoms with E-state index in [2.05, 4.69) is 9.72 Å². The quantitative estimate of drug-likeness (QED) is 0.481. The Labute approximate surface area is 105 Å². The van der Waals surface area contributed by atoms with Crippen molar-refractivity contribution in [3.05, 3.63) is 32.6 Å². The largest absolute Gasteiger partial charge is 0.462 e. The molecule has 1 aromatic rings. The summed E-state index contributed by atoms with van der Waals surface area (Å²) in [6.07, 6.45) is -2.45. The second kappa shape index (κ2) is 5.67. The molecule has 18 heavy (non-hydrogen) atoms. The van der Waals surface area contributed by atoms with Crippen LogP contribution in [0.3, 0.4) is 0 Å². The Morgan fingerprint density at radius 2 is 2.28 bits per heavy atom. The molecular formula is C9H7ClF2N2O4. The average Bonchev–Trinajstić information content (AvgIpc) is 2.27. The third-order valence-corrected chi connectivity index (χ3v) is 2.18. The van der Waals surface area contributed by atoms with Crippen LogP contribution in [0.25, 0.3) is 0 Å². The Bertz CT molecular complexity index is 496. The fraction of sp³-hybridized carbons (Fsp3) is 0.333. The van der Waals surface area contributed by atoms with Gasteiger partial charge in [-0.2, -0.15) is 0 Å². The van der Waals surface area contributed by atoms with Gasteiger partial charge in [0.25, 0.3) is 6.43 Å². The summed E-state index contributed by atoms with van der Waals surface area (Å²) < 4.78 is 29.8. The molecule has 1 aromatic heterocycles. The molecule has 0 fully saturated rings. The van der Waals surface area contributed by atoms with E-state index >= 15 is 0 Å². The number of carbonyl (C=O) groups is 1. The molecule has 0 aliphatic rings. The van der Waals surface area contributed by atoms with Gasteiger partial charge in [-0.3, -0.25) is 15.1 Å². The molecule has 1 heterocycles. The van der Waals surface area contributed by atoms with Crippen molar-refractivity contribution in [2.45, 2.75) is 13.3 Å². The zero-order valence-corrected chi connectivity index (χ0v) is 9.78. The van der Waals surface area contributed by atoms with E-state index in [0.29, 0.717) is 6.20 Å². The number of pyridine rings is 1. The highest BCUT2D eigenvalue weighted by molar-refractivity contribution is 6.33. The predicted octanol–water partition coefficient (Wildman–Crippen LogP) is 2.76. The number of aromatic nitrogens is 1. The molecule has 0 saturated carbocycles.